The third kappa shape index (κ3) is 1.91. The normalized spacial score (nSPS) is 24.9. The van der Waals surface area contributed by atoms with Crippen LogP contribution in [0.3, 0.4) is 0 Å². The number of rotatable bonds is 1. The lowest BCUT2D eigenvalue weighted by Gasteiger charge is -2.11. The van der Waals surface area contributed by atoms with Gasteiger partial charge in [-0.05, 0) is 11.6 Å². The minimum absolute atomic E-state index is 0.0509. The maximum atomic E-state index is 13.0. The van der Waals surface area contributed by atoms with E-state index in [1.165, 1.54) is 10.9 Å². The number of imidazole rings is 1. The van der Waals surface area contributed by atoms with E-state index in [0.29, 0.717) is 0 Å². The van der Waals surface area contributed by atoms with Crippen molar-refractivity contribution in [2.45, 2.75) is 18.8 Å². The Bertz CT molecular complexity index is 766. The number of nitrogens with one attached hydrogen (secondary N) is 1. The van der Waals surface area contributed by atoms with Gasteiger partial charge in [0.05, 0.1) is 0 Å². The van der Waals surface area contributed by atoms with Crippen molar-refractivity contribution in [3.8, 4) is 0 Å². The van der Waals surface area contributed by atoms with Crippen LogP contribution in [0.4, 0.5) is 10.3 Å². The summed E-state index contributed by atoms with van der Waals surface area (Å²) in [5.74, 6) is -0.432. The lowest BCUT2D eigenvalue weighted by Crippen LogP contribution is -2.14. The number of aliphatic hydroxyl groups excluding tert-OH is 1. The zero-order chi connectivity index (χ0) is 14.4. The first-order chi connectivity index (χ1) is 9.47. The average molecular weight is 302 g/mol. The number of hydrogen-bond acceptors (Lipinski definition) is 6. The summed E-state index contributed by atoms with van der Waals surface area (Å²) < 4.78 is 19.6. The fourth-order valence-corrected chi connectivity index (χ4v) is 2.24. The molecule has 8 nitrogen and oxygen atoms in total. The van der Waals surface area contributed by atoms with Gasteiger partial charge in [0.25, 0.3) is 5.56 Å². The van der Waals surface area contributed by atoms with E-state index >= 15 is 0 Å². The number of aromatic amines is 1. The number of nitrogens with two attached hydrogens (primary N) is 1. The Morgan fingerprint density at radius 3 is 3.10 bits per heavy atom. The molecule has 20 heavy (non-hydrogen) atoms. The van der Waals surface area contributed by atoms with Gasteiger partial charge in [0.2, 0.25) is 11.2 Å². The number of aromatic nitrogens is 4. The predicted octanol–water partition coefficient (Wildman–Crippen LogP) is 0.359. The van der Waals surface area contributed by atoms with Crippen molar-refractivity contribution < 1.29 is 14.2 Å². The highest BCUT2D eigenvalue weighted by Gasteiger charge is 2.34. The maximum Gasteiger partial charge on any atom is 0.280 e. The van der Waals surface area contributed by atoms with Crippen LogP contribution in [-0.2, 0) is 4.74 Å². The number of nitrogen functional groups attached to an aromatic ring is 1. The Morgan fingerprint density at radius 1 is 1.70 bits per heavy atom. The first-order valence-corrected chi connectivity index (χ1v) is 5.97. The molecule has 0 spiro atoms. The van der Waals surface area contributed by atoms with E-state index in [1.54, 1.807) is 0 Å². The molecule has 4 N–H and O–H groups in total. The summed E-state index contributed by atoms with van der Waals surface area (Å²) in [6.07, 6.45) is -0.591. The molecule has 0 radical (unpaired) electrons. The Hall–Kier alpha value is -2.13. The smallest absolute Gasteiger partial charge is 0.280 e. The number of fused-ring (bicyclic) bond motifs is 1. The number of ether oxygens (including phenoxy) is 1. The standard InChI is InChI=1S/C10H9ClFN5O3/c11-7(12)6-3(18)1-4(20-6)17-2-14-5-8(17)15-10(13)16-9(5)19/h2-4,18H,1H2,(H3,13,15,16,19)/t3-,4+/m0/s1. The lowest BCUT2D eigenvalue weighted by atomic mass is 10.2. The van der Waals surface area contributed by atoms with Gasteiger partial charge in [0.1, 0.15) is 12.4 Å². The lowest BCUT2D eigenvalue weighted by molar-refractivity contribution is 0.0967. The molecule has 0 unspecified atom stereocenters. The molecular weight excluding hydrogens is 293 g/mol. The number of anilines is 1. The van der Waals surface area contributed by atoms with Gasteiger partial charge in [-0.25, -0.2) is 4.98 Å². The van der Waals surface area contributed by atoms with Crippen molar-refractivity contribution in [2.75, 3.05) is 5.73 Å². The second-order valence-electron chi connectivity index (χ2n) is 4.22. The van der Waals surface area contributed by atoms with Gasteiger partial charge in [-0.1, -0.05) is 0 Å². The summed E-state index contributed by atoms with van der Waals surface area (Å²) in [5.41, 5.74) is 5.22. The Morgan fingerprint density at radius 2 is 2.45 bits per heavy atom. The van der Waals surface area contributed by atoms with Crippen LogP contribution in [0, 0.1) is 0 Å². The summed E-state index contributed by atoms with van der Waals surface area (Å²) in [4.78, 5) is 21.8. The maximum absolute atomic E-state index is 13.0. The topological polar surface area (TPSA) is 119 Å². The fraction of sp³-hybridized carbons (Fsp3) is 0.300. The average Bonchev–Trinajstić information content (AvgIpc) is 2.92. The van der Waals surface area contributed by atoms with Crippen molar-refractivity contribution in [3.05, 3.63) is 27.7 Å². The Balaban J connectivity index is 2.09. The Labute approximate surface area is 115 Å². The van der Waals surface area contributed by atoms with E-state index < -0.39 is 23.2 Å². The summed E-state index contributed by atoms with van der Waals surface area (Å²) in [7, 11) is 0. The van der Waals surface area contributed by atoms with Crippen molar-refractivity contribution in [2.24, 2.45) is 0 Å². The number of H-pyrrole nitrogens is 1. The van der Waals surface area contributed by atoms with E-state index in [0.717, 1.165) is 0 Å². The summed E-state index contributed by atoms with van der Waals surface area (Å²) in [6, 6.07) is 0. The predicted molar refractivity (Wildman–Crippen MR) is 67.3 cm³/mol. The summed E-state index contributed by atoms with van der Waals surface area (Å²) in [5, 5.41) is 8.54. The highest BCUT2D eigenvalue weighted by Crippen LogP contribution is 2.35. The van der Waals surface area contributed by atoms with Gasteiger partial charge < -0.3 is 15.6 Å². The molecule has 2 aromatic rings. The van der Waals surface area contributed by atoms with Gasteiger partial charge >= 0.3 is 0 Å². The molecule has 106 valence electrons. The van der Waals surface area contributed by atoms with E-state index in [9.17, 15) is 14.3 Å². The quantitative estimate of drug-likeness (QED) is 0.699. The molecule has 3 heterocycles. The van der Waals surface area contributed by atoms with E-state index in [2.05, 4.69) is 15.0 Å². The van der Waals surface area contributed by atoms with Gasteiger partial charge in [0.15, 0.2) is 23.2 Å². The summed E-state index contributed by atoms with van der Waals surface area (Å²) >= 11 is 5.19. The largest absolute Gasteiger partial charge is 0.467 e. The third-order valence-corrected chi connectivity index (χ3v) is 3.12. The molecule has 1 saturated heterocycles. The second-order valence-corrected chi connectivity index (χ2v) is 4.56. The molecular formula is C10H9ClFN5O3. The van der Waals surface area contributed by atoms with Crippen LogP contribution in [0.15, 0.2) is 22.2 Å². The van der Waals surface area contributed by atoms with Crippen LogP contribution in [0.1, 0.15) is 12.6 Å². The van der Waals surface area contributed by atoms with Gasteiger partial charge in [-0.15, -0.1) is 0 Å². The first-order valence-electron chi connectivity index (χ1n) is 5.59. The number of aliphatic hydroxyl groups is 1. The van der Waals surface area contributed by atoms with E-state index in [1.807, 2.05) is 0 Å². The number of nitrogens with zero attached hydrogens (tertiary/aromatic N) is 3. The van der Waals surface area contributed by atoms with Crippen molar-refractivity contribution in [3.63, 3.8) is 0 Å². The molecule has 3 rings (SSSR count). The monoisotopic (exact) mass is 301 g/mol. The highest BCUT2D eigenvalue weighted by molar-refractivity contribution is 6.28. The van der Waals surface area contributed by atoms with Crippen molar-refractivity contribution in [1.29, 1.82) is 0 Å². The molecule has 0 bridgehead atoms. The molecule has 2 atom stereocenters. The fourth-order valence-electron chi connectivity index (χ4n) is 2.07. The minimum atomic E-state index is -1.17. The summed E-state index contributed by atoms with van der Waals surface area (Å²) in [6.45, 7) is 0. The molecule has 0 aromatic carbocycles. The van der Waals surface area contributed by atoms with E-state index in [-0.39, 0.29) is 29.3 Å². The van der Waals surface area contributed by atoms with Crippen LogP contribution in [0.2, 0.25) is 0 Å². The molecule has 2 aromatic heterocycles. The van der Waals surface area contributed by atoms with Crippen LogP contribution in [0.25, 0.3) is 11.2 Å². The van der Waals surface area contributed by atoms with Gasteiger partial charge in [-0.2, -0.15) is 9.37 Å². The molecule has 10 heteroatoms. The van der Waals surface area contributed by atoms with Crippen LogP contribution < -0.4 is 11.3 Å². The first kappa shape index (κ1) is 12.9. The molecule has 0 aliphatic carbocycles. The SMILES string of the molecule is Nc1nc2c(ncn2[C@H]2C[C@H](O)C(=C(F)Cl)O2)c(=O)[nH]1. The molecule has 1 aliphatic heterocycles. The molecule has 0 amide bonds. The zero-order valence-corrected chi connectivity index (χ0v) is 10.6. The Kier molecular flexibility index (Phi) is 2.87. The second kappa shape index (κ2) is 4.46. The molecule has 1 fully saturated rings. The van der Waals surface area contributed by atoms with Gasteiger partial charge in [-0.3, -0.25) is 14.3 Å². The minimum Gasteiger partial charge on any atom is -0.467 e. The van der Waals surface area contributed by atoms with Crippen molar-refractivity contribution in [1.82, 2.24) is 19.5 Å². The van der Waals surface area contributed by atoms with Crippen molar-refractivity contribution >= 4 is 28.7 Å². The van der Waals surface area contributed by atoms with E-state index in [4.69, 9.17) is 22.1 Å². The highest BCUT2D eigenvalue weighted by atomic mass is 35.5. The number of halogens is 2. The zero-order valence-electron chi connectivity index (χ0n) is 9.88. The van der Waals surface area contributed by atoms with Gasteiger partial charge in [0, 0.05) is 6.42 Å². The van der Waals surface area contributed by atoms with Crippen LogP contribution >= 0.6 is 11.6 Å². The third-order valence-electron chi connectivity index (χ3n) is 2.94. The number of hydrogen-bond donors (Lipinski definition) is 3. The van der Waals surface area contributed by atoms with Crippen LogP contribution in [0.5, 0.6) is 0 Å². The van der Waals surface area contributed by atoms with Crippen LogP contribution in [-0.4, -0.2) is 30.7 Å². The molecule has 1 aliphatic rings. The molecule has 0 saturated carbocycles.